The van der Waals surface area contributed by atoms with Crippen molar-refractivity contribution in [1.29, 1.82) is 0 Å². The van der Waals surface area contributed by atoms with Crippen LogP contribution in [-0.4, -0.2) is 77.5 Å². The number of ether oxygens (including phenoxy) is 1. The molecule has 2 heterocycles. The van der Waals surface area contributed by atoms with Crippen LogP contribution in [0.3, 0.4) is 0 Å². The Morgan fingerprint density at radius 2 is 1.97 bits per heavy atom. The van der Waals surface area contributed by atoms with E-state index >= 15 is 0 Å². The van der Waals surface area contributed by atoms with Crippen LogP contribution in [0.5, 0.6) is 5.75 Å². The van der Waals surface area contributed by atoms with Crippen LogP contribution in [0.15, 0.2) is 41.8 Å². The topological polar surface area (TPSA) is 113 Å². The molecule has 184 valence electrons. The van der Waals surface area contributed by atoms with Crippen LogP contribution in [0.2, 0.25) is 0 Å². The molecular weight excluding hydrogens is 456 g/mol. The molecule has 1 N–H and O–H groups in total. The van der Waals surface area contributed by atoms with Gasteiger partial charge in [0.1, 0.15) is 23.1 Å². The van der Waals surface area contributed by atoms with Crippen LogP contribution < -0.4 is 4.74 Å². The molecule has 0 unspecified atom stereocenters. The summed E-state index contributed by atoms with van der Waals surface area (Å²) in [5.74, 6) is 0.546. The highest BCUT2D eigenvalue weighted by Gasteiger charge is 2.38. The molecule has 2 aromatic rings. The zero-order valence-electron chi connectivity index (χ0n) is 19.8. The number of aromatic nitrogens is 2. The van der Waals surface area contributed by atoms with Gasteiger partial charge in [-0.15, -0.1) is 0 Å². The second kappa shape index (κ2) is 9.97. The maximum Gasteiger partial charge on any atom is 0.247 e. The minimum Gasteiger partial charge on any atom is -0.487 e. The smallest absolute Gasteiger partial charge is 0.247 e. The first-order valence-electron chi connectivity index (χ1n) is 11.6. The fraction of sp³-hybridized carbons (Fsp3) is 0.542. The van der Waals surface area contributed by atoms with Gasteiger partial charge in [0, 0.05) is 49.9 Å². The Morgan fingerprint density at radius 1 is 1.26 bits per heavy atom. The summed E-state index contributed by atoms with van der Waals surface area (Å²) < 4.78 is 34.8. The molecule has 0 spiro atoms. The first kappa shape index (κ1) is 24.6. The van der Waals surface area contributed by atoms with E-state index in [-0.39, 0.29) is 35.6 Å². The van der Waals surface area contributed by atoms with Crippen molar-refractivity contribution in [2.45, 2.75) is 50.2 Å². The third kappa shape index (κ3) is 5.24. The summed E-state index contributed by atoms with van der Waals surface area (Å²) in [5, 5.41) is 9.78. The van der Waals surface area contributed by atoms with E-state index in [1.165, 1.54) is 16.7 Å². The fourth-order valence-corrected chi connectivity index (χ4v) is 5.99. The van der Waals surface area contributed by atoms with Gasteiger partial charge in [-0.25, -0.2) is 18.4 Å². The lowest BCUT2D eigenvalue weighted by atomic mass is 10.0. The number of hydrogen-bond donors (Lipinski definition) is 1. The fourth-order valence-electron chi connectivity index (χ4n) is 4.17. The Kier molecular flexibility index (Phi) is 7.20. The number of sulfonamides is 1. The third-order valence-corrected chi connectivity index (χ3v) is 8.62. The van der Waals surface area contributed by atoms with Gasteiger partial charge in [0.05, 0.1) is 13.2 Å². The van der Waals surface area contributed by atoms with E-state index < -0.39 is 22.2 Å². The van der Waals surface area contributed by atoms with Gasteiger partial charge >= 0.3 is 0 Å². The number of rotatable bonds is 7. The second-order valence-corrected chi connectivity index (χ2v) is 11.3. The normalized spacial score (nSPS) is 23.2. The lowest BCUT2D eigenvalue weighted by Crippen LogP contribution is -2.50. The molecule has 1 saturated carbocycles. The van der Waals surface area contributed by atoms with Crippen LogP contribution >= 0.6 is 0 Å². The SMILES string of the molecule is C[C@@H]1CN([C@@H](C)CO)S(=O)(=O)c2ccc(-c3cncnc3)cc2O[C@H]1CN(C)C(=O)CC1CC1. The highest BCUT2D eigenvalue weighted by molar-refractivity contribution is 7.89. The van der Waals surface area contributed by atoms with Gasteiger partial charge in [-0.3, -0.25) is 4.79 Å². The predicted octanol–water partition coefficient (Wildman–Crippen LogP) is 2.17. The number of aliphatic hydroxyl groups excluding tert-OH is 1. The Bertz CT molecular complexity index is 1120. The van der Waals surface area contributed by atoms with Gasteiger partial charge in [-0.05, 0) is 43.4 Å². The predicted molar refractivity (Wildman–Crippen MR) is 126 cm³/mol. The average Bonchev–Trinajstić information content (AvgIpc) is 3.65. The van der Waals surface area contributed by atoms with Crippen LogP contribution in [0.4, 0.5) is 0 Å². The Labute approximate surface area is 200 Å². The number of fused-ring (bicyclic) bond motifs is 1. The van der Waals surface area contributed by atoms with E-state index in [9.17, 15) is 18.3 Å². The number of nitrogens with zero attached hydrogens (tertiary/aromatic N) is 4. The van der Waals surface area contributed by atoms with E-state index in [2.05, 4.69) is 9.97 Å². The van der Waals surface area contributed by atoms with E-state index in [1.54, 1.807) is 43.4 Å². The average molecular weight is 489 g/mol. The van der Waals surface area contributed by atoms with Crippen molar-refractivity contribution < 1.29 is 23.1 Å². The maximum absolute atomic E-state index is 13.6. The van der Waals surface area contributed by atoms with Gasteiger partial charge < -0.3 is 14.7 Å². The standard InChI is InChI=1S/C24H32N4O5S/c1-16-12-28(17(2)14-29)34(31,32)23-7-6-19(20-10-25-15-26-11-20)9-21(23)33-22(16)13-27(3)24(30)8-18-4-5-18/h6-7,9-11,15-18,22,29H,4-5,8,12-14H2,1-3H3/t16-,17+,22+/m1/s1. The molecule has 3 atom stereocenters. The first-order valence-corrected chi connectivity index (χ1v) is 13.1. The third-order valence-electron chi connectivity index (χ3n) is 6.60. The van der Waals surface area contributed by atoms with E-state index in [0.717, 1.165) is 24.0 Å². The lowest BCUT2D eigenvalue weighted by Gasteiger charge is -2.37. The Balaban J connectivity index is 1.72. The summed E-state index contributed by atoms with van der Waals surface area (Å²) >= 11 is 0. The van der Waals surface area contributed by atoms with Gasteiger partial charge in [0.2, 0.25) is 15.9 Å². The van der Waals surface area contributed by atoms with E-state index in [4.69, 9.17) is 4.74 Å². The van der Waals surface area contributed by atoms with E-state index in [0.29, 0.717) is 18.9 Å². The van der Waals surface area contributed by atoms with Crippen molar-refractivity contribution in [3.63, 3.8) is 0 Å². The highest BCUT2D eigenvalue weighted by atomic mass is 32.2. The minimum atomic E-state index is -3.93. The quantitative estimate of drug-likeness (QED) is 0.635. The summed E-state index contributed by atoms with van der Waals surface area (Å²) in [7, 11) is -2.16. The van der Waals surface area contributed by atoms with Gasteiger partial charge in [-0.2, -0.15) is 4.31 Å². The summed E-state index contributed by atoms with van der Waals surface area (Å²) in [6.07, 6.45) is 7.03. The van der Waals surface area contributed by atoms with Crippen molar-refractivity contribution in [3.05, 3.63) is 36.9 Å². The summed E-state index contributed by atoms with van der Waals surface area (Å²) in [5.41, 5.74) is 1.46. The van der Waals surface area contributed by atoms with Crippen molar-refractivity contribution in [2.75, 3.05) is 26.7 Å². The summed E-state index contributed by atoms with van der Waals surface area (Å²) in [4.78, 5) is 22.5. The summed E-state index contributed by atoms with van der Waals surface area (Å²) in [6, 6.07) is 4.31. The van der Waals surface area contributed by atoms with Crippen molar-refractivity contribution in [2.24, 2.45) is 11.8 Å². The van der Waals surface area contributed by atoms with Crippen molar-refractivity contribution in [1.82, 2.24) is 19.2 Å². The molecule has 1 aromatic carbocycles. The van der Waals surface area contributed by atoms with Gasteiger partial charge in [-0.1, -0.05) is 13.0 Å². The molecule has 1 fully saturated rings. The Hall–Kier alpha value is -2.56. The summed E-state index contributed by atoms with van der Waals surface area (Å²) in [6.45, 7) is 3.81. The second-order valence-electron chi connectivity index (χ2n) is 9.45. The zero-order chi connectivity index (χ0) is 24.5. The minimum absolute atomic E-state index is 0.0391. The van der Waals surface area contributed by atoms with Gasteiger partial charge in [0.25, 0.3) is 0 Å². The van der Waals surface area contributed by atoms with Crippen LogP contribution in [-0.2, 0) is 14.8 Å². The molecule has 1 aromatic heterocycles. The Morgan fingerprint density at radius 3 is 2.62 bits per heavy atom. The molecule has 1 amide bonds. The molecule has 1 aliphatic heterocycles. The molecule has 4 rings (SSSR count). The molecule has 0 saturated heterocycles. The molecule has 2 aliphatic rings. The largest absolute Gasteiger partial charge is 0.487 e. The molecule has 9 nitrogen and oxygen atoms in total. The highest BCUT2D eigenvalue weighted by Crippen LogP contribution is 2.37. The van der Waals surface area contributed by atoms with Gasteiger partial charge in [0.15, 0.2) is 0 Å². The maximum atomic E-state index is 13.6. The number of benzene rings is 1. The lowest BCUT2D eigenvalue weighted by molar-refractivity contribution is -0.131. The number of hydrogen-bond acceptors (Lipinski definition) is 7. The van der Waals surface area contributed by atoms with Crippen LogP contribution in [0.25, 0.3) is 11.1 Å². The van der Waals surface area contributed by atoms with Crippen LogP contribution in [0, 0.1) is 11.8 Å². The molecule has 34 heavy (non-hydrogen) atoms. The molecule has 0 radical (unpaired) electrons. The van der Waals surface area contributed by atoms with E-state index in [1.807, 2.05) is 6.92 Å². The number of aliphatic hydroxyl groups is 1. The number of likely N-dealkylation sites (N-methyl/N-ethyl adjacent to an activating group) is 1. The molecule has 0 bridgehead atoms. The van der Waals surface area contributed by atoms with Crippen molar-refractivity contribution >= 4 is 15.9 Å². The molecular formula is C24H32N4O5S. The number of carbonyl (C=O) groups is 1. The van der Waals surface area contributed by atoms with Crippen molar-refractivity contribution in [3.8, 4) is 16.9 Å². The number of amides is 1. The van der Waals surface area contributed by atoms with Crippen LogP contribution in [0.1, 0.15) is 33.1 Å². The monoisotopic (exact) mass is 488 g/mol. The number of carbonyl (C=O) groups excluding carboxylic acids is 1. The molecule has 1 aliphatic carbocycles. The molecule has 10 heteroatoms. The first-order chi connectivity index (χ1) is 16.2. The zero-order valence-corrected chi connectivity index (χ0v) is 20.6.